The normalized spacial score (nSPS) is 11.4. The zero-order valence-corrected chi connectivity index (χ0v) is 87.1. The summed E-state index contributed by atoms with van der Waals surface area (Å²) in [5.41, 5.74) is 13.2. The number of carbonyl (C=O) groups is 5. The third-order valence-corrected chi connectivity index (χ3v) is 23.0. The minimum atomic E-state index is -4.90. The molecule has 0 spiro atoms. The van der Waals surface area contributed by atoms with Crippen molar-refractivity contribution in [1.82, 2.24) is 56.2 Å². The molecule has 1 atom stereocenters. The Kier molecular flexibility index (Phi) is 47.7. The van der Waals surface area contributed by atoms with Gasteiger partial charge in [0.2, 0.25) is 0 Å². The van der Waals surface area contributed by atoms with Crippen molar-refractivity contribution in [2.75, 3.05) is 75.9 Å². The number of ketones is 4. The lowest BCUT2D eigenvalue weighted by Gasteiger charge is -2.29. The van der Waals surface area contributed by atoms with Crippen LogP contribution >= 0.6 is 81.2 Å². The number of aldehydes is 1. The third-order valence-electron chi connectivity index (χ3n) is 21.2. The Morgan fingerprint density at radius 2 is 0.650 bits per heavy atom. The lowest BCUT2D eigenvalue weighted by Crippen LogP contribution is -2.40. The number of hydrogen-bond acceptors (Lipinski definition) is 28. The van der Waals surface area contributed by atoms with Gasteiger partial charge in [0.1, 0.15) is 11.8 Å². The molecule has 0 saturated carbocycles. The minimum absolute atomic E-state index is 0.00910. The van der Waals surface area contributed by atoms with Crippen LogP contribution in [-0.4, -0.2) is 162 Å². The quantitative estimate of drug-likeness (QED) is 0.0104. The van der Waals surface area contributed by atoms with Crippen molar-refractivity contribution in [2.45, 2.75) is 169 Å². The summed E-state index contributed by atoms with van der Waals surface area (Å²) >= 11 is 42.1. The number of aliphatic hydroxyl groups is 3. The number of aromatic nitrogens is 7. The second-order valence-corrected chi connectivity index (χ2v) is 35.9. The standard InChI is InChI=1S/C19H20ClF3N2O3.C19H23ClN2O2.C18H21ClN2O3.C18H19ClN2O3.C11H17ClN2O.C9H9ClN2O.C8H10ClNO2/c1-18(2,24-10-14(26)11-7-5-4-6-8-11)12-9-13(16(27)19(21,22)23)25-17(20)15(12)28-3;1-5-14-11-15(17(24-4)18(20)22-14)19(2,3)21-12-16(23)13-9-7-6-8-10-13;2*1-18(2,20-10-15(23)12-7-5-4-6-8-12)14-9-13(11-22)21-17(19)16(14)24-3;1-5-7-6-8(11(2,3)13)9(15-4)10(12)14-7;1-3-7-4-6(5-11)8(13-2)9(10)12-7;1-5-3-6(4-11)10-8(9)7(5)12-2/h4-9,16,24,27H,10H2,1-3H3;6-11,21H,5,12H2,1-4H3;4-9,20,22H,10-11H2,1-3H3;4-9,11,20H,10H2,1-3H3;6H,5,13H2,1-4H3;4H,3H2,1-2H3;3,11H,4H2,1-2H3. The highest BCUT2D eigenvalue weighted by atomic mass is 35.5. The zero-order valence-electron chi connectivity index (χ0n) is 81.8. The summed E-state index contributed by atoms with van der Waals surface area (Å²) in [6, 6.07) is 49.7. The largest absolute Gasteiger partial charge is 0.493 e. The fourth-order valence-corrected chi connectivity index (χ4v) is 15.4. The molecule has 11 aromatic rings. The number of benzene rings is 4. The van der Waals surface area contributed by atoms with Crippen molar-refractivity contribution in [3.63, 3.8) is 0 Å². The number of aliphatic hydroxyl groups excluding tert-OH is 3. The molecule has 7 heterocycles. The molecular formula is C102H119Cl7F3N13O15. The van der Waals surface area contributed by atoms with E-state index >= 15 is 0 Å². The summed E-state index contributed by atoms with van der Waals surface area (Å²) in [7, 11) is 10.4. The van der Waals surface area contributed by atoms with Crippen LogP contribution in [0.2, 0.25) is 36.1 Å². The van der Waals surface area contributed by atoms with E-state index in [4.69, 9.17) is 130 Å². The first-order valence-corrected chi connectivity index (χ1v) is 46.2. The van der Waals surface area contributed by atoms with Crippen LogP contribution in [0.25, 0.3) is 0 Å². The SMILES string of the molecule is CCc1cc(C#N)c(OC)c(Cl)n1.CCc1cc(C(C)(C)N)c(OC)c(Cl)n1.CCc1cc(C(C)(C)NCC(=O)c2ccccc2)c(OC)c(Cl)n1.COc1c(C(C)(C)NCC(=O)c2ccccc2)cc(C(O)C(F)(F)F)nc1Cl.COc1c(C(C)(C)NCC(=O)c2ccccc2)cc(C=O)nc1Cl.COc1c(C(C)(C)NCC(=O)c2ccccc2)cc(CO)nc1Cl.COc1c(C)cc(CO)nc1Cl. The molecular weight excluding hydrogens is 1950 g/mol. The third kappa shape index (κ3) is 34.6. The van der Waals surface area contributed by atoms with Crippen molar-refractivity contribution < 1.29 is 85.6 Å². The average molecular weight is 2070 g/mol. The van der Waals surface area contributed by atoms with Crippen molar-refractivity contribution in [3.05, 3.63) is 301 Å². The van der Waals surface area contributed by atoms with Gasteiger partial charge >= 0.3 is 6.18 Å². The Balaban J connectivity index is 0.000000293. The number of alkyl halides is 3. The molecule has 28 nitrogen and oxygen atoms in total. The van der Waals surface area contributed by atoms with Crippen molar-refractivity contribution >= 4 is 111 Å². The maximum Gasteiger partial charge on any atom is 0.420 e. The summed E-state index contributed by atoms with van der Waals surface area (Å²) in [5.74, 6) is 2.70. The number of methoxy groups -OCH3 is 7. The van der Waals surface area contributed by atoms with Gasteiger partial charge in [-0.05, 0) is 143 Å². The molecule has 0 bridgehead atoms. The van der Waals surface area contributed by atoms with Gasteiger partial charge < -0.3 is 75.5 Å². The number of rotatable bonds is 35. The number of halogens is 10. The van der Waals surface area contributed by atoms with E-state index in [1.54, 1.807) is 107 Å². The highest BCUT2D eigenvalue weighted by Gasteiger charge is 2.42. The van der Waals surface area contributed by atoms with Crippen LogP contribution in [0.15, 0.2) is 164 Å². The molecule has 0 aliphatic heterocycles. The number of nitrogens with two attached hydrogens (primary N) is 1. The first kappa shape index (κ1) is 119. The minimum Gasteiger partial charge on any atom is -0.493 e. The van der Waals surface area contributed by atoms with Crippen LogP contribution in [0.3, 0.4) is 0 Å². The molecule has 0 fully saturated rings. The molecule has 38 heteroatoms. The average Bonchev–Trinajstić information content (AvgIpc) is 0.768. The molecule has 140 heavy (non-hydrogen) atoms. The highest BCUT2D eigenvalue weighted by molar-refractivity contribution is 6.33. The van der Waals surface area contributed by atoms with Crippen LogP contribution in [-0.2, 0) is 60.2 Å². The molecule has 7 aromatic heterocycles. The second kappa shape index (κ2) is 55.9. The van der Waals surface area contributed by atoms with E-state index in [0.29, 0.717) is 101 Å². The molecule has 0 aliphatic rings. The number of carbonyl (C=O) groups excluding carboxylic acids is 5. The Morgan fingerprint density at radius 1 is 0.393 bits per heavy atom. The number of nitrogens with zero attached hydrogens (tertiary/aromatic N) is 8. The van der Waals surface area contributed by atoms with Crippen LogP contribution in [0.1, 0.15) is 221 Å². The molecule has 9 N–H and O–H groups in total. The lowest BCUT2D eigenvalue weighted by atomic mass is 9.92. The predicted molar refractivity (Wildman–Crippen MR) is 541 cm³/mol. The van der Waals surface area contributed by atoms with Gasteiger partial charge in [0.15, 0.2) is 112 Å². The Hall–Kier alpha value is -11.1. The molecule has 0 amide bonds. The number of ether oxygens (including phenoxy) is 7. The van der Waals surface area contributed by atoms with Crippen LogP contribution in [0, 0.1) is 18.3 Å². The maximum absolute atomic E-state index is 12.9. The fourth-order valence-electron chi connectivity index (χ4n) is 13.3. The van der Waals surface area contributed by atoms with Gasteiger partial charge in [0.05, 0.1) is 112 Å². The van der Waals surface area contributed by atoms with Gasteiger partial charge in [-0.15, -0.1) is 0 Å². The first-order valence-electron chi connectivity index (χ1n) is 43.5. The summed E-state index contributed by atoms with van der Waals surface area (Å²) in [4.78, 5) is 88.4. The summed E-state index contributed by atoms with van der Waals surface area (Å²) in [6.07, 6.45) is -4.72. The molecule has 0 aliphatic carbocycles. The number of nitriles is 1. The molecule has 752 valence electrons. The summed E-state index contributed by atoms with van der Waals surface area (Å²) in [6.45, 7) is 26.7. The first-order chi connectivity index (χ1) is 65.9. The van der Waals surface area contributed by atoms with Gasteiger partial charge in [-0.3, -0.25) is 24.0 Å². The molecule has 11 rings (SSSR count). The van der Waals surface area contributed by atoms with Crippen LogP contribution in [0.5, 0.6) is 40.2 Å². The Morgan fingerprint density at radius 3 is 0.936 bits per heavy atom. The highest BCUT2D eigenvalue weighted by Crippen LogP contribution is 2.43. The smallest absolute Gasteiger partial charge is 0.420 e. The molecule has 0 radical (unpaired) electrons. The number of pyridine rings is 7. The van der Waals surface area contributed by atoms with Gasteiger partial charge in [-0.25, -0.2) is 34.9 Å². The second-order valence-electron chi connectivity index (χ2n) is 33.4. The maximum atomic E-state index is 12.9. The topological polar surface area (TPSA) is 399 Å². The molecule has 4 aromatic carbocycles. The molecule has 0 saturated heterocycles. The fraction of sp³-hybridized carbons (Fsp3) is 0.363. The Labute approximate surface area is 850 Å². The van der Waals surface area contributed by atoms with Crippen molar-refractivity contribution in [1.29, 1.82) is 5.26 Å². The number of Topliss-reactive ketones (excluding diaryl/α,β-unsaturated/α-hetero) is 4. The lowest BCUT2D eigenvalue weighted by molar-refractivity contribution is -0.208. The number of nitrogens with one attached hydrogen (secondary N) is 4. The van der Waals surface area contributed by atoms with Crippen LogP contribution < -0.4 is 60.2 Å². The summed E-state index contributed by atoms with van der Waals surface area (Å²) in [5, 5.41) is 50.4. The van der Waals surface area contributed by atoms with E-state index in [1.165, 1.54) is 35.5 Å². The van der Waals surface area contributed by atoms with Gasteiger partial charge in [0, 0.05) is 94.8 Å². The van der Waals surface area contributed by atoms with Crippen LogP contribution in [0.4, 0.5) is 13.2 Å². The van der Waals surface area contributed by atoms with Crippen molar-refractivity contribution in [2.24, 2.45) is 5.73 Å². The van der Waals surface area contributed by atoms with E-state index in [2.05, 4.69) is 56.2 Å². The van der Waals surface area contributed by atoms with Gasteiger partial charge in [-0.2, -0.15) is 18.4 Å². The van der Waals surface area contributed by atoms with E-state index in [-0.39, 0.29) is 100 Å². The van der Waals surface area contributed by atoms with Gasteiger partial charge in [-0.1, -0.05) is 223 Å². The molecule has 1 unspecified atom stereocenters. The number of hydrogen-bond donors (Lipinski definition) is 8. The monoisotopic (exact) mass is 2070 g/mol. The summed E-state index contributed by atoms with van der Waals surface area (Å²) < 4.78 is 75.2. The van der Waals surface area contributed by atoms with E-state index in [9.17, 15) is 47.4 Å². The van der Waals surface area contributed by atoms with E-state index in [0.717, 1.165) is 64.7 Å². The van der Waals surface area contributed by atoms with Gasteiger partial charge in [0.25, 0.3) is 0 Å². The zero-order chi connectivity index (χ0) is 105. The van der Waals surface area contributed by atoms with E-state index < -0.39 is 45.7 Å². The predicted octanol–water partition coefficient (Wildman–Crippen LogP) is 20.5. The Bertz CT molecular complexity index is 5860. The van der Waals surface area contributed by atoms with Crippen molar-refractivity contribution in [3.8, 4) is 46.3 Å². The van der Waals surface area contributed by atoms with E-state index in [1.807, 2.05) is 168 Å². The number of aryl methyl sites for hydroxylation is 4.